The molecular weight excluding hydrogens is 324 g/mol. The predicted octanol–water partition coefficient (Wildman–Crippen LogP) is 4.25. The number of benzene rings is 2. The summed E-state index contributed by atoms with van der Waals surface area (Å²) in [6, 6.07) is 15.9. The number of aromatic nitrogens is 1. The number of nitrogens with zero attached hydrogens (tertiary/aromatic N) is 1. The van der Waals surface area contributed by atoms with E-state index in [2.05, 4.69) is 5.32 Å². The van der Waals surface area contributed by atoms with Crippen LogP contribution in [0.5, 0.6) is 5.75 Å². The van der Waals surface area contributed by atoms with Crippen LogP contribution in [0.4, 0.5) is 0 Å². The second kappa shape index (κ2) is 7.48. The first-order valence-electron chi connectivity index (χ1n) is 8.65. The first-order valence-corrected chi connectivity index (χ1v) is 8.65. The Morgan fingerprint density at radius 2 is 1.81 bits per heavy atom. The van der Waals surface area contributed by atoms with Crippen LogP contribution in [-0.4, -0.2) is 17.6 Å². The number of amides is 1. The van der Waals surface area contributed by atoms with Crippen LogP contribution in [0.25, 0.3) is 11.1 Å². The molecule has 0 spiro atoms. The van der Waals surface area contributed by atoms with Crippen molar-refractivity contribution in [2.24, 2.45) is 7.05 Å². The van der Waals surface area contributed by atoms with Crippen LogP contribution >= 0.6 is 0 Å². The zero-order valence-electron chi connectivity index (χ0n) is 15.7. The minimum atomic E-state index is -0.0656. The molecule has 0 saturated heterocycles. The lowest BCUT2D eigenvalue weighted by Crippen LogP contribution is -2.24. The van der Waals surface area contributed by atoms with Crippen molar-refractivity contribution in [3.05, 3.63) is 77.1 Å². The summed E-state index contributed by atoms with van der Waals surface area (Å²) >= 11 is 0. The van der Waals surface area contributed by atoms with Crippen LogP contribution in [-0.2, 0) is 13.6 Å². The highest BCUT2D eigenvalue weighted by molar-refractivity contribution is 6.02. The number of hydrogen-bond acceptors (Lipinski definition) is 2. The summed E-state index contributed by atoms with van der Waals surface area (Å²) in [4.78, 5) is 13.0. The standard InChI is InChI=1S/C22H24N2O2/c1-15-18(11-8-12-20(15)26-4)13-23-22(25)21-16(2)24(3)14-19(21)17-9-6-5-7-10-17/h5-12,14H,13H2,1-4H3,(H,23,25). The zero-order chi connectivity index (χ0) is 18.7. The molecule has 0 radical (unpaired) electrons. The Hall–Kier alpha value is -3.01. The number of methoxy groups -OCH3 is 1. The molecule has 2 aromatic carbocycles. The summed E-state index contributed by atoms with van der Waals surface area (Å²) in [6.45, 7) is 4.44. The normalized spacial score (nSPS) is 10.6. The maximum atomic E-state index is 13.0. The quantitative estimate of drug-likeness (QED) is 0.749. The van der Waals surface area contributed by atoms with E-state index >= 15 is 0 Å². The molecule has 4 heteroatoms. The van der Waals surface area contributed by atoms with Crippen molar-refractivity contribution < 1.29 is 9.53 Å². The minimum absolute atomic E-state index is 0.0656. The van der Waals surface area contributed by atoms with Crippen LogP contribution in [0.2, 0.25) is 0 Å². The summed E-state index contributed by atoms with van der Waals surface area (Å²) in [5.41, 5.74) is 5.75. The highest BCUT2D eigenvalue weighted by Gasteiger charge is 2.19. The number of carbonyl (C=O) groups excluding carboxylic acids is 1. The summed E-state index contributed by atoms with van der Waals surface area (Å²) in [7, 11) is 3.62. The van der Waals surface area contributed by atoms with Crippen molar-refractivity contribution in [2.75, 3.05) is 7.11 Å². The van der Waals surface area contributed by atoms with Gasteiger partial charge in [-0.05, 0) is 36.6 Å². The largest absolute Gasteiger partial charge is 0.496 e. The van der Waals surface area contributed by atoms with Crippen molar-refractivity contribution in [3.63, 3.8) is 0 Å². The van der Waals surface area contributed by atoms with Gasteiger partial charge in [0.1, 0.15) is 5.75 Å². The third kappa shape index (κ3) is 3.36. The number of nitrogens with one attached hydrogen (secondary N) is 1. The molecule has 4 nitrogen and oxygen atoms in total. The second-order valence-electron chi connectivity index (χ2n) is 6.41. The molecule has 0 fully saturated rings. The zero-order valence-corrected chi connectivity index (χ0v) is 15.7. The van der Waals surface area contributed by atoms with Gasteiger partial charge in [-0.3, -0.25) is 4.79 Å². The van der Waals surface area contributed by atoms with E-state index < -0.39 is 0 Å². The SMILES string of the molecule is COc1cccc(CNC(=O)c2c(-c3ccccc3)cn(C)c2C)c1C. The smallest absolute Gasteiger partial charge is 0.254 e. The van der Waals surface area contributed by atoms with Crippen LogP contribution in [0.3, 0.4) is 0 Å². The van der Waals surface area contributed by atoms with Crippen molar-refractivity contribution in [1.29, 1.82) is 0 Å². The fraction of sp³-hybridized carbons (Fsp3) is 0.227. The minimum Gasteiger partial charge on any atom is -0.496 e. The highest BCUT2D eigenvalue weighted by Crippen LogP contribution is 2.28. The number of hydrogen-bond donors (Lipinski definition) is 1. The molecule has 1 aromatic heterocycles. The average molecular weight is 348 g/mol. The van der Waals surface area contributed by atoms with Gasteiger partial charge in [0.2, 0.25) is 0 Å². The van der Waals surface area contributed by atoms with Crippen LogP contribution in [0.1, 0.15) is 27.2 Å². The van der Waals surface area contributed by atoms with E-state index in [4.69, 9.17) is 4.74 Å². The van der Waals surface area contributed by atoms with E-state index in [0.29, 0.717) is 6.54 Å². The summed E-state index contributed by atoms with van der Waals surface area (Å²) in [5.74, 6) is 0.766. The summed E-state index contributed by atoms with van der Waals surface area (Å²) in [5, 5.41) is 3.06. The second-order valence-corrected chi connectivity index (χ2v) is 6.41. The first-order chi connectivity index (χ1) is 12.5. The molecule has 0 unspecified atom stereocenters. The van der Waals surface area contributed by atoms with Crippen molar-refractivity contribution >= 4 is 5.91 Å². The molecule has 0 saturated carbocycles. The van der Waals surface area contributed by atoms with Crippen LogP contribution < -0.4 is 10.1 Å². The molecule has 26 heavy (non-hydrogen) atoms. The maximum Gasteiger partial charge on any atom is 0.254 e. The van der Waals surface area contributed by atoms with Crippen LogP contribution in [0, 0.1) is 13.8 Å². The Morgan fingerprint density at radius 3 is 2.50 bits per heavy atom. The average Bonchev–Trinajstić information content (AvgIpc) is 2.96. The molecule has 0 aliphatic rings. The first kappa shape index (κ1) is 17.8. The van der Waals surface area contributed by atoms with Gasteiger partial charge in [0.25, 0.3) is 5.91 Å². The fourth-order valence-electron chi connectivity index (χ4n) is 3.19. The molecule has 3 rings (SSSR count). The van der Waals surface area contributed by atoms with E-state index in [1.54, 1.807) is 7.11 Å². The monoisotopic (exact) mass is 348 g/mol. The van der Waals surface area contributed by atoms with Crippen molar-refractivity contribution in [1.82, 2.24) is 9.88 Å². The molecule has 0 atom stereocenters. The Morgan fingerprint density at radius 1 is 1.08 bits per heavy atom. The molecule has 1 heterocycles. The van der Waals surface area contributed by atoms with Crippen molar-refractivity contribution in [3.8, 4) is 16.9 Å². The summed E-state index contributed by atoms with van der Waals surface area (Å²) in [6.07, 6.45) is 2.01. The lowest BCUT2D eigenvalue weighted by Gasteiger charge is -2.12. The van der Waals surface area contributed by atoms with Gasteiger partial charge in [0.15, 0.2) is 0 Å². The van der Waals surface area contributed by atoms with E-state index in [0.717, 1.165) is 39.3 Å². The Kier molecular flexibility index (Phi) is 5.12. The lowest BCUT2D eigenvalue weighted by molar-refractivity contribution is 0.0950. The Balaban J connectivity index is 1.87. The van der Waals surface area contributed by atoms with Gasteiger partial charge in [-0.1, -0.05) is 42.5 Å². The van der Waals surface area contributed by atoms with Gasteiger partial charge in [-0.2, -0.15) is 0 Å². The molecule has 1 N–H and O–H groups in total. The Labute approximate surface area is 154 Å². The van der Waals surface area contributed by atoms with Gasteiger partial charge in [0, 0.05) is 31.0 Å². The van der Waals surface area contributed by atoms with Gasteiger partial charge in [-0.25, -0.2) is 0 Å². The van der Waals surface area contributed by atoms with Crippen LogP contribution in [0.15, 0.2) is 54.7 Å². The lowest BCUT2D eigenvalue weighted by atomic mass is 10.0. The third-order valence-corrected chi connectivity index (χ3v) is 4.85. The van der Waals surface area contributed by atoms with Gasteiger partial charge in [-0.15, -0.1) is 0 Å². The maximum absolute atomic E-state index is 13.0. The fourth-order valence-corrected chi connectivity index (χ4v) is 3.19. The Bertz CT molecular complexity index is 927. The highest BCUT2D eigenvalue weighted by atomic mass is 16.5. The molecule has 0 aliphatic carbocycles. The molecular formula is C22H24N2O2. The third-order valence-electron chi connectivity index (χ3n) is 4.85. The van der Waals surface area contributed by atoms with Gasteiger partial charge < -0.3 is 14.6 Å². The molecule has 0 aliphatic heterocycles. The van der Waals surface area contributed by atoms with E-state index in [-0.39, 0.29) is 5.91 Å². The van der Waals surface area contributed by atoms with Gasteiger partial charge in [0.05, 0.1) is 12.7 Å². The van der Waals surface area contributed by atoms with E-state index in [1.165, 1.54) is 0 Å². The molecule has 0 bridgehead atoms. The molecule has 3 aromatic rings. The predicted molar refractivity (Wildman–Crippen MR) is 104 cm³/mol. The van der Waals surface area contributed by atoms with Gasteiger partial charge >= 0.3 is 0 Å². The summed E-state index contributed by atoms with van der Waals surface area (Å²) < 4.78 is 7.35. The van der Waals surface area contributed by atoms with E-state index in [1.807, 2.05) is 80.2 Å². The molecule has 1 amide bonds. The number of ether oxygens (including phenoxy) is 1. The topological polar surface area (TPSA) is 43.3 Å². The number of carbonyl (C=O) groups is 1. The molecule has 134 valence electrons. The van der Waals surface area contributed by atoms with Crippen molar-refractivity contribution in [2.45, 2.75) is 20.4 Å². The van der Waals surface area contributed by atoms with E-state index in [9.17, 15) is 4.79 Å². The number of rotatable bonds is 5. The number of aryl methyl sites for hydroxylation is 1.